The summed E-state index contributed by atoms with van der Waals surface area (Å²) in [6, 6.07) is 14.3. The molecule has 3 N–H and O–H groups in total. The van der Waals surface area contributed by atoms with E-state index in [0.717, 1.165) is 17.3 Å². The quantitative estimate of drug-likeness (QED) is 0.658. The van der Waals surface area contributed by atoms with Crippen LogP contribution in [0.15, 0.2) is 59.8 Å². The van der Waals surface area contributed by atoms with Crippen LogP contribution < -0.4 is 11.1 Å². The summed E-state index contributed by atoms with van der Waals surface area (Å²) in [7, 11) is 0. The fourth-order valence-corrected chi connectivity index (χ4v) is 3.25. The molecule has 138 valence electrons. The van der Waals surface area contributed by atoms with E-state index >= 15 is 0 Å². The Morgan fingerprint density at radius 3 is 2.41 bits per heavy atom. The molecule has 0 fully saturated rings. The van der Waals surface area contributed by atoms with Crippen LogP contribution in [0.3, 0.4) is 0 Å². The first-order chi connectivity index (χ1) is 13.0. The van der Waals surface area contributed by atoms with Crippen LogP contribution in [0.4, 0.5) is 9.18 Å². The predicted molar refractivity (Wildman–Crippen MR) is 99.8 cm³/mol. The number of thioether (sulfide) groups is 1. The molecule has 3 rings (SSSR count). The molecule has 0 aliphatic carbocycles. The lowest BCUT2D eigenvalue weighted by Crippen LogP contribution is -2.39. The van der Waals surface area contributed by atoms with Gasteiger partial charge in [-0.05, 0) is 31.2 Å². The Bertz CT molecular complexity index is 960. The van der Waals surface area contributed by atoms with Crippen molar-refractivity contribution in [2.24, 2.45) is 5.73 Å². The summed E-state index contributed by atoms with van der Waals surface area (Å²) < 4.78 is 15.1. The summed E-state index contributed by atoms with van der Waals surface area (Å²) in [6.45, 7) is 1.62. The Morgan fingerprint density at radius 1 is 1.11 bits per heavy atom. The number of imide groups is 1. The second kappa shape index (κ2) is 8.00. The monoisotopic (exact) mass is 385 g/mol. The smallest absolute Gasteiger partial charge is 0.318 e. The molecule has 0 radical (unpaired) electrons. The zero-order chi connectivity index (χ0) is 19.4. The number of hydrogen-bond donors (Lipinski definition) is 2. The zero-order valence-corrected chi connectivity index (χ0v) is 15.1. The molecule has 27 heavy (non-hydrogen) atoms. The van der Waals surface area contributed by atoms with Gasteiger partial charge in [-0.1, -0.05) is 42.1 Å². The first-order valence-electron chi connectivity index (χ1n) is 7.99. The van der Waals surface area contributed by atoms with E-state index in [-0.39, 0.29) is 5.82 Å². The fourth-order valence-electron chi connectivity index (χ4n) is 2.38. The third-order valence-corrected chi connectivity index (χ3v) is 4.69. The molecule has 3 aromatic rings. The second-order valence-corrected chi connectivity index (χ2v) is 6.91. The molecule has 7 nitrogen and oxygen atoms in total. The summed E-state index contributed by atoms with van der Waals surface area (Å²) >= 11 is 1.11. The van der Waals surface area contributed by atoms with Crippen LogP contribution in [0.25, 0.3) is 17.1 Å². The first kappa shape index (κ1) is 18.6. The molecular formula is C18H16FN5O2S. The van der Waals surface area contributed by atoms with Gasteiger partial charge in [-0.2, -0.15) is 0 Å². The number of nitrogens with one attached hydrogen (secondary N) is 1. The van der Waals surface area contributed by atoms with Crippen molar-refractivity contribution in [3.63, 3.8) is 0 Å². The van der Waals surface area contributed by atoms with Gasteiger partial charge in [0.2, 0.25) is 5.91 Å². The minimum Gasteiger partial charge on any atom is -0.351 e. The number of aromatic nitrogens is 3. The zero-order valence-electron chi connectivity index (χ0n) is 14.3. The van der Waals surface area contributed by atoms with Crippen LogP contribution >= 0.6 is 11.8 Å². The molecule has 1 heterocycles. The molecule has 1 atom stereocenters. The number of benzene rings is 2. The molecule has 0 aliphatic rings. The Labute approximate surface area is 158 Å². The number of halogens is 1. The summed E-state index contributed by atoms with van der Waals surface area (Å²) in [6.07, 6.45) is 0. The number of primary amides is 1. The van der Waals surface area contributed by atoms with Crippen molar-refractivity contribution < 1.29 is 14.0 Å². The van der Waals surface area contributed by atoms with Gasteiger partial charge in [0, 0.05) is 11.3 Å². The van der Waals surface area contributed by atoms with E-state index < -0.39 is 17.2 Å². The van der Waals surface area contributed by atoms with E-state index in [9.17, 15) is 14.0 Å². The Hall–Kier alpha value is -3.20. The summed E-state index contributed by atoms with van der Waals surface area (Å²) in [5.74, 6) is -0.355. The van der Waals surface area contributed by atoms with E-state index in [4.69, 9.17) is 5.73 Å². The summed E-state index contributed by atoms with van der Waals surface area (Å²) in [5, 5.41) is 10.2. The highest BCUT2D eigenvalue weighted by atomic mass is 32.2. The SMILES string of the molecule is C[C@@H](Sc1nnc(-c2ccccc2)n1-c1ccc(F)cc1)C(=O)NC(N)=O. The molecule has 0 aliphatic heterocycles. The van der Waals surface area contributed by atoms with Crippen LogP contribution in [-0.4, -0.2) is 32.0 Å². The van der Waals surface area contributed by atoms with Gasteiger partial charge < -0.3 is 5.73 Å². The van der Waals surface area contributed by atoms with Gasteiger partial charge in [-0.3, -0.25) is 14.7 Å². The van der Waals surface area contributed by atoms with E-state index in [0.29, 0.717) is 16.7 Å². The van der Waals surface area contributed by atoms with E-state index in [1.165, 1.54) is 12.1 Å². The maximum absolute atomic E-state index is 13.3. The van der Waals surface area contributed by atoms with Gasteiger partial charge in [0.1, 0.15) is 5.82 Å². The number of urea groups is 1. The van der Waals surface area contributed by atoms with E-state index in [2.05, 4.69) is 10.2 Å². The van der Waals surface area contributed by atoms with Crippen molar-refractivity contribution in [1.82, 2.24) is 20.1 Å². The number of carbonyl (C=O) groups excluding carboxylic acids is 2. The van der Waals surface area contributed by atoms with Crippen LogP contribution in [0.5, 0.6) is 0 Å². The third kappa shape index (κ3) is 4.32. The number of rotatable bonds is 5. The van der Waals surface area contributed by atoms with E-state index in [1.807, 2.05) is 35.6 Å². The number of carbonyl (C=O) groups is 2. The Kier molecular flexibility index (Phi) is 5.51. The standard InChI is InChI=1S/C18H16FN5O2S/c1-11(16(25)21-17(20)26)27-18-23-22-15(12-5-3-2-4-6-12)24(18)14-9-7-13(19)8-10-14/h2-11H,1H3,(H3,20,21,25,26)/t11-/m1/s1. The molecule has 0 unspecified atom stereocenters. The van der Waals surface area contributed by atoms with Crippen molar-refractivity contribution in [2.75, 3.05) is 0 Å². The minimum absolute atomic E-state index is 0.364. The van der Waals surface area contributed by atoms with Crippen molar-refractivity contribution in [1.29, 1.82) is 0 Å². The van der Waals surface area contributed by atoms with Gasteiger partial charge in [-0.25, -0.2) is 9.18 Å². The number of nitrogens with zero attached hydrogens (tertiary/aromatic N) is 3. The van der Waals surface area contributed by atoms with Crippen LogP contribution in [-0.2, 0) is 4.79 Å². The summed E-state index contributed by atoms with van der Waals surface area (Å²) in [5.41, 5.74) is 6.45. The molecule has 0 saturated carbocycles. The van der Waals surface area contributed by atoms with Crippen molar-refractivity contribution in [3.05, 3.63) is 60.4 Å². The lowest BCUT2D eigenvalue weighted by atomic mass is 10.2. The third-order valence-electron chi connectivity index (χ3n) is 3.65. The van der Waals surface area contributed by atoms with Gasteiger partial charge in [-0.15, -0.1) is 10.2 Å². The van der Waals surface area contributed by atoms with Crippen molar-refractivity contribution >= 4 is 23.7 Å². The van der Waals surface area contributed by atoms with Crippen LogP contribution in [0, 0.1) is 5.82 Å². The molecule has 0 bridgehead atoms. The predicted octanol–water partition coefficient (Wildman–Crippen LogP) is 2.75. The van der Waals surface area contributed by atoms with E-state index in [1.54, 1.807) is 23.6 Å². The number of nitrogens with two attached hydrogens (primary N) is 1. The molecule has 9 heteroatoms. The minimum atomic E-state index is -0.919. The van der Waals surface area contributed by atoms with Crippen LogP contribution in [0.1, 0.15) is 6.92 Å². The molecular weight excluding hydrogens is 369 g/mol. The number of amides is 3. The average molecular weight is 385 g/mol. The second-order valence-electron chi connectivity index (χ2n) is 5.60. The molecule has 0 saturated heterocycles. The van der Waals surface area contributed by atoms with Gasteiger partial charge >= 0.3 is 6.03 Å². The Morgan fingerprint density at radius 2 is 1.78 bits per heavy atom. The molecule has 0 spiro atoms. The average Bonchev–Trinajstić information content (AvgIpc) is 3.06. The molecule has 2 aromatic carbocycles. The summed E-state index contributed by atoms with van der Waals surface area (Å²) in [4.78, 5) is 22.9. The fraction of sp³-hybridized carbons (Fsp3) is 0.111. The topological polar surface area (TPSA) is 103 Å². The lowest BCUT2D eigenvalue weighted by molar-refractivity contribution is -0.119. The molecule has 1 aromatic heterocycles. The highest BCUT2D eigenvalue weighted by molar-refractivity contribution is 8.00. The Balaban J connectivity index is 2.01. The number of hydrogen-bond acceptors (Lipinski definition) is 5. The van der Waals surface area contributed by atoms with Gasteiger partial charge in [0.15, 0.2) is 11.0 Å². The maximum Gasteiger partial charge on any atom is 0.318 e. The van der Waals surface area contributed by atoms with Crippen molar-refractivity contribution in [2.45, 2.75) is 17.3 Å². The maximum atomic E-state index is 13.3. The highest BCUT2D eigenvalue weighted by Gasteiger charge is 2.22. The largest absolute Gasteiger partial charge is 0.351 e. The highest BCUT2D eigenvalue weighted by Crippen LogP contribution is 2.30. The first-order valence-corrected chi connectivity index (χ1v) is 8.87. The van der Waals surface area contributed by atoms with Gasteiger partial charge in [0.05, 0.1) is 5.25 Å². The van der Waals surface area contributed by atoms with Crippen molar-refractivity contribution in [3.8, 4) is 17.1 Å². The molecule has 3 amide bonds. The normalized spacial score (nSPS) is 11.8. The van der Waals surface area contributed by atoms with Crippen LogP contribution in [0.2, 0.25) is 0 Å². The van der Waals surface area contributed by atoms with Gasteiger partial charge in [0.25, 0.3) is 0 Å². The lowest BCUT2D eigenvalue weighted by Gasteiger charge is -2.13.